The van der Waals surface area contributed by atoms with Gasteiger partial charge in [-0.05, 0) is 30.3 Å². The Bertz CT molecular complexity index is 646. The lowest BCUT2D eigenvalue weighted by atomic mass is 10.0. The van der Waals surface area contributed by atoms with E-state index in [4.69, 9.17) is 10.5 Å². The molecular formula is C17H19FN2O2. The fourth-order valence-corrected chi connectivity index (χ4v) is 2.46. The van der Waals surface area contributed by atoms with Gasteiger partial charge in [0.2, 0.25) is 5.91 Å². The molecule has 2 rings (SSSR count). The molecule has 4 nitrogen and oxygen atoms in total. The topological polar surface area (TPSA) is 55.6 Å². The molecule has 1 amide bonds. The molecule has 2 aromatic rings. The predicted molar refractivity (Wildman–Crippen MR) is 82.8 cm³/mol. The van der Waals surface area contributed by atoms with Crippen LogP contribution in [0.15, 0.2) is 48.5 Å². The molecule has 2 N–H and O–H groups in total. The predicted octanol–water partition coefficient (Wildman–Crippen LogP) is 2.49. The number of benzene rings is 2. The number of nitrogens with zero attached hydrogens (tertiary/aromatic N) is 1. The van der Waals surface area contributed by atoms with E-state index in [0.717, 1.165) is 11.1 Å². The molecule has 0 heterocycles. The minimum Gasteiger partial charge on any atom is -0.494 e. The zero-order valence-corrected chi connectivity index (χ0v) is 12.6. The number of hydrogen-bond acceptors (Lipinski definition) is 3. The number of primary amides is 1. The van der Waals surface area contributed by atoms with Crippen molar-refractivity contribution in [2.75, 3.05) is 14.2 Å². The maximum atomic E-state index is 13.7. The Balaban J connectivity index is 2.20. The molecule has 0 saturated heterocycles. The van der Waals surface area contributed by atoms with Gasteiger partial charge in [0.15, 0.2) is 11.6 Å². The summed E-state index contributed by atoms with van der Waals surface area (Å²) in [6.07, 6.45) is 0. The molecule has 0 aliphatic carbocycles. The standard InChI is InChI=1S/C17H19FN2O2/c1-20(11-12-8-9-15(22-2)14(18)10-12)16(17(19)21)13-6-4-3-5-7-13/h3-10,16H,11H2,1-2H3,(H2,19,21)/t16-/m1/s1. The Morgan fingerprint density at radius 2 is 1.95 bits per heavy atom. The van der Waals surface area contributed by atoms with Crippen molar-refractivity contribution in [2.24, 2.45) is 5.73 Å². The van der Waals surface area contributed by atoms with Gasteiger partial charge in [-0.25, -0.2) is 4.39 Å². The maximum Gasteiger partial charge on any atom is 0.239 e. The van der Waals surface area contributed by atoms with E-state index in [2.05, 4.69) is 0 Å². The number of carbonyl (C=O) groups is 1. The Hall–Kier alpha value is -2.40. The summed E-state index contributed by atoms with van der Waals surface area (Å²) in [5, 5.41) is 0. The molecule has 22 heavy (non-hydrogen) atoms. The first-order valence-corrected chi connectivity index (χ1v) is 6.90. The van der Waals surface area contributed by atoms with Gasteiger partial charge in [0.05, 0.1) is 7.11 Å². The number of nitrogens with two attached hydrogens (primary N) is 1. The minimum absolute atomic E-state index is 0.195. The summed E-state index contributed by atoms with van der Waals surface area (Å²) in [5.74, 6) is -0.674. The summed E-state index contributed by atoms with van der Waals surface area (Å²) in [5.41, 5.74) is 7.07. The Morgan fingerprint density at radius 3 is 2.50 bits per heavy atom. The molecule has 5 heteroatoms. The summed E-state index contributed by atoms with van der Waals surface area (Å²) in [4.78, 5) is 13.6. The second-order valence-electron chi connectivity index (χ2n) is 5.10. The van der Waals surface area contributed by atoms with Gasteiger partial charge in [-0.2, -0.15) is 0 Å². The molecular weight excluding hydrogens is 283 g/mol. The molecule has 0 radical (unpaired) electrons. The van der Waals surface area contributed by atoms with Crippen molar-refractivity contribution in [1.82, 2.24) is 4.90 Å². The fraction of sp³-hybridized carbons (Fsp3) is 0.235. The van der Waals surface area contributed by atoms with Gasteiger partial charge >= 0.3 is 0 Å². The summed E-state index contributed by atoms with van der Waals surface area (Å²) in [7, 11) is 3.20. The SMILES string of the molecule is COc1ccc(CN(C)[C@@H](C(N)=O)c2ccccc2)cc1F. The van der Waals surface area contributed by atoms with Crippen LogP contribution in [0.2, 0.25) is 0 Å². The van der Waals surface area contributed by atoms with Crippen molar-refractivity contribution in [1.29, 1.82) is 0 Å². The van der Waals surface area contributed by atoms with Crippen LogP contribution in [0.4, 0.5) is 4.39 Å². The zero-order chi connectivity index (χ0) is 16.1. The van der Waals surface area contributed by atoms with Crippen LogP contribution in [0.1, 0.15) is 17.2 Å². The quantitative estimate of drug-likeness (QED) is 0.892. The number of methoxy groups -OCH3 is 1. The zero-order valence-electron chi connectivity index (χ0n) is 12.6. The third-order valence-electron chi connectivity index (χ3n) is 3.47. The number of likely N-dealkylation sites (N-methyl/N-ethyl adjacent to an activating group) is 1. The van der Waals surface area contributed by atoms with Gasteiger partial charge < -0.3 is 10.5 Å². The van der Waals surface area contributed by atoms with Crippen LogP contribution < -0.4 is 10.5 Å². The fourth-order valence-electron chi connectivity index (χ4n) is 2.46. The molecule has 0 aliphatic heterocycles. The molecule has 0 aliphatic rings. The molecule has 0 bridgehead atoms. The maximum absolute atomic E-state index is 13.7. The molecule has 0 unspecified atom stereocenters. The Kier molecular flexibility index (Phi) is 5.12. The third kappa shape index (κ3) is 3.62. The smallest absolute Gasteiger partial charge is 0.239 e. The van der Waals surface area contributed by atoms with E-state index in [0.29, 0.717) is 6.54 Å². The van der Waals surface area contributed by atoms with E-state index in [-0.39, 0.29) is 5.75 Å². The van der Waals surface area contributed by atoms with Crippen LogP contribution >= 0.6 is 0 Å². The monoisotopic (exact) mass is 302 g/mol. The molecule has 116 valence electrons. The first-order chi connectivity index (χ1) is 10.5. The Labute approximate surface area is 129 Å². The lowest BCUT2D eigenvalue weighted by Crippen LogP contribution is -2.35. The van der Waals surface area contributed by atoms with Crippen molar-refractivity contribution >= 4 is 5.91 Å². The van der Waals surface area contributed by atoms with Crippen molar-refractivity contribution in [3.63, 3.8) is 0 Å². The number of rotatable bonds is 6. The first kappa shape index (κ1) is 16.0. The minimum atomic E-state index is -0.564. The van der Waals surface area contributed by atoms with Gasteiger partial charge in [0.1, 0.15) is 6.04 Å². The number of ether oxygens (including phenoxy) is 1. The first-order valence-electron chi connectivity index (χ1n) is 6.90. The highest BCUT2D eigenvalue weighted by atomic mass is 19.1. The van der Waals surface area contributed by atoms with Gasteiger partial charge in [-0.15, -0.1) is 0 Å². The van der Waals surface area contributed by atoms with Crippen LogP contribution in [0.5, 0.6) is 5.75 Å². The lowest BCUT2D eigenvalue weighted by Gasteiger charge is -2.26. The van der Waals surface area contributed by atoms with E-state index < -0.39 is 17.8 Å². The highest BCUT2D eigenvalue weighted by Crippen LogP contribution is 2.23. The van der Waals surface area contributed by atoms with Crippen LogP contribution in [0, 0.1) is 5.82 Å². The van der Waals surface area contributed by atoms with Crippen molar-refractivity contribution < 1.29 is 13.9 Å². The molecule has 0 fully saturated rings. The second kappa shape index (κ2) is 7.04. The highest BCUT2D eigenvalue weighted by Gasteiger charge is 2.22. The molecule has 1 atom stereocenters. The van der Waals surface area contributed by atoms with E-state index in [1.165, 1.54) is 13.2 Å². The summed E-state index contributed by atoms with van der Waals surface area (Å²) >= 11 is 0. The van der Waals surface area contributed by atoms with E-state index in [1.807, 2.05) is 30.3 Å². The van der Waals surface area contributed by atoms with Gasteiger partial charge in [0.25, 0.3) is 0 Å². The van der Waals surface area contributed by atoms with Crippen LogP contribution in [0.25, 0.3) is 0 Å². The van der Waals surface area contributed by atoms with E-state index in [1.54, 1.807) is 24.1 Å². The van der Waals surface area contributed by atoms with E-state index in [9.17, 15) is 9.18 Å². The number of hydrogen-bond donors (Lipinski definition) is 1. The Morgan fingerprint density at radius 1 is 1.27 bits per heavy atom. The van der Waals surface area contributed by atoms with Gasteiger partial charge in [0, 0.05) is 6.54 Å². The number of amides is 1. The summed E-state index contributed by atoms with van der Waals surface area (Å²) in [6, 6.07) is 13.5. The average Bonchev–Trinajstić information content (AvgIpc) is 2.48. The molecule has 0 aromatic heterocycles. The van der Waals surface area contributed by atoms with Crippen molar-refractivity contribution in [3.8, 4) is 5.75 Å². The van der Waals surface area contributed by atoms with Gasteiger partial charge in [-0.1, -0.05) is 36.4 Å². The lowest BCUT2D eigenvalue weighted by molar-refractivity contribution is -0.123. The molecule has 0 spiro atoms. The normalized spacial score (nSPS) is 12.2. The highest BCUT2D eigenvalue weighted by molar-refractivity contribution is 5.81. The second-order valence-corrected chi connectivity index (χ2v) is 5.10. The van der Waals surface area contributed by atoms with Crippen LogP contribution in [-0.2, 0) is 11.3 Å². The van der Waals surface area contributed by atoms with Crippen molar-refractivity contribution in [2.45, 2.75) is 12.6 Å². The van der Waals surface area contributed by atoms with E-state index >= 15 is 0 Å². The summed E-state index contributed by atoms with van der Waals surface area (Å²) < 4.78 is 18.6. The average molecular weight is 302 g/mol. The van der Waals surface area contributed by atoms with Crippen LogP contribution in [0.3, 0.4) is 0 Å². The number of halogens is 1. The molecule has 0 saturated carbocycles. The van der Waals surface area contributed by atoms with Crippen molar-refractivity contribution in [3.05, 3.63) is 65.5 Å². The third-order valence-corrected chi connectivity index (χ3v) is 3.47. The molecule has 2 aromatic carbocycles. The largest absolute Gasteiger partial charge is 0.494 e. The van der Waals surface area contributed by atoms with Crippen LogP contribution in [-0.4, -0.2) is 25.0 Å². The van der Waals surface area contributed by atoms with Gasteiger partial charge in [-0.3, -0.25) is 9.69 Å². The number of carbonyl (C=O) groups excluding carboxylic acids is 1. The summed E-state index contributed by atoms with van der Waals surface area (Å²) in [6.45, 7) is 0.392.